The highest BCUT2D eigenvalue weighted by Crippen LogP contribution is 2.31. The van der Waals surface area contributed by atoms with Crippen molar-refractivity contribution < 1.29 is 19.5 Å². The third-order valence-electron chi connectivity index (χ3n) is 3.56. The molecule has 1 aliphatic rings. The van der Waals surface area contributed by atoms with Gasteiger partial charge in [-0.1, -0.05) is 12.1 Å². The van der Waals surface area contributed by atoms with Gasteiger partial charge in [0.2, 0.25) is 5.91 Å². The van der Waals surface area contributed by atoms with Gasteiger partial charge in [-0.05, 0) is 6.07 Å². The van der Waals surface area contributed by atoms with Crippen molar-refractivity contribution in [1.29, 1.82) is 0 Å². The van der Waals surface area contributed by atoms with Crippen LogP contribution in [0.25, 0.3) is 10.9 Å². The van der Waals surface area contributed by atoms with E-state index in [-0.39, 0.29) is 24.4 Å². The molecular formula is C14H13N3O4. The van der Waals surface area contributed by atoms with E-state index in [1.54, 1.807) is 29.8 Å². The monoisotopic (exact) mass is 287 g/mol. The summed E-state index contributed by atoms with van der Waals surface area (Å²) in [6.07, 6.45) is 1.74. The lowest BCUT2D eigenvalue weighted by Gasteiger charge is -2.27. The van der Waals surface area contributed by atoms with Gasteiger partial charge in [0.1, 0.15) is 0 Å². The molecule has 2 heterocycles. The van der Waals surface area contributed by atoms with E-state index in [1.165, 1.54) is 11.1 Å². The predicted octanol–water partition coefficient (Wildman–Crippen LogP) is 1.32. The molecule has 1 aromatic carbocycles. The number of fused-ring (bicyclic) bond motifs is 1. The molecule has 1 aromatic heterocycles. The Morgan fingerprint density at radius 2 is 2.10 bits per heavy atom. The lowest BCUT2D eigenvalue weighted by atomic mass is 10.1. The fraction of sp³-hybridized carbons (Fsp3) is 0.214. The van der Waals surface area contributed by atoms with Crippen LogP contribution in [0, 0.1) is 0 Å². The SMILES string of the molecule is Cn1cc(C(=O)O)c2cccc(N3CCC(=O)NC3=O)c21. The second-order valence-corrected chi connectivity index (χ2v) is 4.89. The molecule has 2 N–H and O–H groups in total. The van der Waals surface area contributed by atoms with Gasteiger partial charge in [0.15, 0.2) is 0 Å². The summed E-state index contributed by atoms with van der Waals surface area (Å²) < 4.78 is 1.68. The number of carbonyl (C=O) groups excluding carboxylic acids is 2. The Bertz CT molecular complexity index is 778. The summed E-state index contributed by atoms with van der Waals surface area (Å²) in [7, 11) is 1.73. The molecule has 2 aromatic rings. The van der Waals surface area contributed by atoms with Gasteiger partial charge in [-0.2, -0.15) is 0 Å². The number of nitrogens with one attached hydrogen (secondary N) is 1. The number of hydrogen-bond acceptors (Lipinski definition) is 3. The molecule has 1 aliphatic heterocycles. The van der Waals surface area contributed by atoms with Crippen LogP contribution >= 0.6 is 0 Å². The summed E-state index contributed by atoms with van der Waals surface area (Å²) in [5.41, 5.74) is 1.43. The zero-order valence-electron chi connectivity index (χ0n) is 11.3. The molecule has 0 unspecified atom stereocenters. The fourth-order valence-electron chi connectivity index (χ4n) is 2.63. The van der Waals surface area contributed by atoms with Crippen molar-refractivity contribution in [2.45, 2.75) is 6.42 Å². The molecular weight excluding hydrogens is 274 g/mol. The number of aromatic carboxylic acids is 1. The number of benzene rings is 1. The number of imide groups is 1. The van der Waals surface area contributed by atoms with Gasteiger partial charge in [0.05, 0.1) is 16.8 Å². The van der Waals surface area contributed by atoms with E-state index in [1.807, 2.05) is 0 Å². The zero-order chi connectivity index (χ0) is 15.1. The number of nitrogens with zero attached hydrogens (tertiary/aromatic N) is 2. The Labute approximate surface area is 119 Å². The molecule has 0 saturated carbocycles. The zero-order valence-corrected chi connectivity index (χ0v) is 11.3. The molecule has 0 spiro atoms. The van der Waals surface area contributed by atoms with Crippen LogP contribution in [0.2, 0.25) is 0 Å². The van der Waals surface area contributed by atoms with E-state index in [9.17, 15) is 19.5 Å². The van der Waals surface area contributed by atoms with E-state index in [0.29, 0.717) is 16.6 Å². The smallest absolute Gasteiger partial charge is 0.337 e. The lowest BCUT2D eigenvalue weighted by molar-refractivity contribution is -0.120. The van der Waals surface area contributed by atoms with Crippen molar-refractivity contribution in [1.82, 2.24) is 9.88 Å². The minimum absolute atomic E-state index is 0.183. The number of urea groups is 1. The first-order valence-electron chi connectivity index (χ1n) is 6.41. The summed E-state index contributed by atoms with van der Waals surface area (Å²) in [4.78, 5) is 35.9. The number of aryl methyl sites for hydroxylation is 1. The van der Waals surface area contributed by atoms with E-state index < -0.39 is 12.0 Å². The standard InChI is InChI=1S/C14H13N3O4/c1-16-7-9(13(19)20)8-3-2-4-10(12(8)16)17-6-5-11(18)15-14(17)21/h2-4,7H,5-6H2,1H3,(H,19,20)(H,15,18,21). The van der Waals surface area contributed by atoms with Gasteiger partial charge in [-0.3, -0.25) is 15.0 Å². The predicted molar refractivity (Wildman–Crippen MR) is 75.4 cm³/mol. The fourth-order valence-corrected chi connectivity index (χ4v) is 2.63. The van der Waals surface area contributed by atoms with Crippen LogP contribution in [-0.2, 0) is 11.8 Å². The Morgan fingerprint density at radius 1 is 1.33 bits per heavy atom. The number of aromatic nitrogens is 1. The third kappa shape index (κ3) is 2.03. The molecule has 108 valence electrons. The molecule has 7 heteroatoms. The molecule has 0 atom stereocenters. The van der Waals surface area contributed by atoms with Crippen molar-refractivity contribution in [3.8, 4) is 0 Å². The third-order valence-corrected chi connectivity index (χ3v) is 3.56. The second kappa shape index (κ2) is 4.62. The van der Waals surface area contributed by atoms with Crippen molar-refractivity contribution >= 4 is 34.5 Å². The summed E-state index contributed by atoms with van der Waals surface area (Å²) in [5.74, 6) is -1.32. The van der Waals surface area contributed by atoms with Crippen LogP contribution < -0.4 is 10.2 Å². The number of anilines is 1. The van der Waals surface area contributed by atoms with Gasteiger partial charge in [-0.25, -0.2) is 9.59 Å². The average Bonchev–Trinajstić information content (AvgIpc) is 2.77. The molecule has 3 amide bonds. The Kier molecular flexibility index (Phi) is 2.90. The van der Waals surface area contributed by atoms with Gasteiger partial charge in [0, 0.05) is 31.6 Å². The van der Waals surface area contributed by atoms with Gasteiger partial charge >= 0.3 is 12.0 Å². The number of amides is 3. The van der Waals surface area contributed by atoms with E-state index in [2.05, 4.69) is 5.32 Å². The normalized spacial score (nSPS) is 15.4. The lowest BCUT2D eigenvalue weighted by Crippen LogP contribution is -2.49. The van der Waals surface area contributed by atoms with Crippen molar-refractivity contribution in [3.63, 3.8) is 0 Å². The molecule has 0 aliphatic carbocycles. The van der Waals surface area contributed by atoms with E-state index in [4.69, 9.17) is 0 Å². The van der Waals surface area contributed by atoms with Gasteiger partial charge in [-0.15, -0.1) is 0 Å². The highest BCUT2D eigenvalue weighted by atomic mass is 16.4. The summed E-state index contributed by atoms with van der Waals surface area (Å²) in [5, 5.41) is 12.1. The average molecular weight is 287 g/mol. The molecule has 1 fully saturated rings. The molecule has 7 nitrogen and oxygen atoms in total. The van der Waals surface area contributed by atoms with Crippen LogP contribution in [0.1, 0.15) is 16.8 Å². The first kappa shape index (κ1) is 13.2. The summed E-state index contributed by atoms with van der Waals surface area (Å²) >= 11 is 0. The minimum atomic E-state index is -1.02. The maximum atomic E-state index is 12.0. The van der Waals surface area contributed by atoms with Gasteiger partial charge in [0.25, 0.3) is 0 Å². The number of rotatable bonds is 2. The van der Waals surface area contributed by atoms with E-state index >= 15 is 0 Å². The van der Waals surface area contributed by atoms with Crippen LogP contribution in [-0.4, -0.2) is 34.1 Å². The molecule has 3 rings (SSSR count). The number of para-hydroxylation sites is 1. The van der Waals surface area contributed by atoms with Gasteiger partial charge < -0.3 is 9.67 Å². The first-order valence-corrected chi connectivity index (χ1v) is 6.41. The van der Waals surface area contributed by atoms with E-state index in [0.717, 1.165) is 0 Å². The number of hydrogen-bond donors (Lipinski definition) is 2. The largest absolute Gasteiger partial charge is 0.478 e. The Balaban J connectivity index is 2.18. The number of carbonyl (C=O) groups is 3. The topological polar surface area (TPSA) is 91.6 Å². The van der Waals surface area contributed by atoms with Crippen molar-refractivity contribution in [2.24, 2.45) is 7.05 Å². The van der Waals surface area contributed by atoms with Crippen LogP contribution in [0.4, 0.5) is 10.5 Å². The van der Waals surface area contributed by atoms with Crippen LogP contribution in [0.15, 0.2) is 24.4 Å². The quantitative estimate of drug-likeness (QED) is 0.871. The maximum absolute atomic E-state index is 12.0. The molecule has 21 heavy (non-hydrogen) atoms. The molecule has 1 saturated heterocycles. The first-order chi connectivity index (χ1) is 9.99. The highest BCUT2D eigenvalue weighted by Gasteiger charge is 2.27. The minimum Gasteiger partial charge on any atom is -0.478 e. The Hall–Kier alpha value is -2.83. The molecule has 0 radical (unpaired) electrons. The number of carboxylic acid groups (broad SMARTS) is 1. The summed E-state index contributed by atoms with van der Waals surface area (Å²) in [6.45, 7) is 0.275. The maximum Gasteiger partial charge on any atom is 0.337 e. The summed E-state index contributed by atoms with van der Waals surface area (Å²) in [6, 6.07) is 4.66. The van der Waals surface area contributed by atoms with Crippen molar-refractivity contribution in [2.75, 3.05) is 11.4 Å². The van der Waals surface area contributed by atoms with Crippen LogP contribution in [0.5, 0.6) is 0 Å². The highest BCUT2D eigenvalue weighted by molar-refractivity contribution is 6.12. The Morgan fingerprint density at radius 3 is 2.76 bits per heavy atom. The molecule has 0 bridgehead atoms. The van der Waals surface area contributed by atoms with Crippen molar-refractivity contribution in [3.05, 3.63) is 30.0 Å². The second-order valence-electron chi connectivity index (χ2n) is 4.89. The van der Waals surface area contributed by atoms with Crippen LogP contribution in [0.3, 0.4) is 0 Å². The number of carboxylic acids is 1.